The predicted molar refractivity (Wildman–Crippen MR) is 159 cm³/mol. The molecule has 6 heteroatoms. The topological polar surface area (TPSA) is 18.5 Å². The molecule has 0 amide bonds. The molecule has 5 rings (SSSR count). The van der Waals surface area contributed by atoms with E-state index in [2.05, 4.69) is 31.2 Å². The first-order chi connectivity index (χ1) is 20.4. The van der Waals surface area contributed by atoms with Crippen molar-refractivity contribution in [3.63, 3.8) is 0 Å². The lowest BCUT2D eigenvalue weighted by molar-refractivity contribution is 0.115. The lowest BCUT2D eigenvalue weighted by Crippen LogP contribution is -2.30. The lowest BCUT2D eigenvalue weighted by Gasteiger charge is -2.42. The highest BCUT2D eigenvalue weighted by Crippen LogP contribution is 2.48. The fraction of sp³-hybridized carbons (Fsp3) is 0.444. The maximum atomic E-state index is 14.9. The fourth-order valence-corrected chi connectivity index (χ4v) is 6.95. The van der Waals surface area contributed by atoms with Crippen molar-refractivity contribution < 1.29 is 27.0 Å². The molecule has 4 unspecified atom stereocenters. The fourth-order valence-electron chi connectivity index (χ4n) is 6.95. The van der Waals surface area contributed by atoms with Gasteiger partial charge in [-0.25, -0.2) is 8.78 Å². The predicted octanol–water partition coefficient (Wildman–Crippen LogP) is 10.5. The number of fused-ring (bicyclic) bond motifs is 1. The Morgan fingerprint density at radius 1 is 0.714 bits per heavy atom. The zero-order chi connectivity index (χ0) is 29.6. The van der Waals surface area contributed by atoms with Crippen molar-refractivity contribution in [1.29, 1.82) is 0 Å². The Labute approximate surface area is 246 Å². The van der Waals surface area contributed by atoms with Gasteiger partial charge < -0.3 is 9.47 Å². The third kappa shape index (κ3) is 6.68. The van der Waals surface area contributed by atoms with Gasteiger partial charge in [0.1, 0.15) is 6.61 Å². The summed E-state index contributed by atoms with van der Waals surface area (Å²) in [4.78, 5) is 0. The number of allylic oxidation sites excluding steroid dienone is 2. The van der Waals surface area contributed by atoms with Crippen molar-refractivity contribution in [2.24, 2.45) is 17.8 Å². The molecule has 0 saturated heterocycles. The second-order valence-corrected chi connectivity index (χ2v) is 11.8. The van der Waals surface area contributed by atoms with E-state index >= 15 is 0 Å². The first kappa shape index (κ1) is 30.2. The van der Waals surface area contributed by atoms with E-state index in [-0.39, 0.29) is 35.8 Å². The molecule has 0 aromatic heterocycles. The van der Waals surface area contributed by atoms with Crippen LogP contribution >= 0.6 is 0 Å². The Balaban J connectivity index is 1.18. The van der Waals surface area contributed by atoms with Crippen LogP contribution in [0.2, 0.25) is 0 Å². The molecule has 2 fully saturated rings. The van der Waals surface area contributed by atoms with Gasteiger partial charge in [0.15, 0.2) is 23.1 Å². The molecular formula is C36H40F4O2. The molecule has 2 saturated carbocycles. The second-order valence-electron chi connectivity index (χ2n) is 11.8. The van der Waals surface area contributed by atoms with Crippen LogP contribution in [0.25, 0.3) is 11.1 Å². The zero-order valence-corrected chi connectivity index (χ0v) is 24.5. The van der Waals surface area contributed by atoms with Gasteiger partial charge in [0.2, 0.25) is 11.6 Å². The van der Waals surface area contributed by atoms with E-state index in [0.717, 1.165) is 23.3 Å². The van der Waals surface area contributed by atoms with E-state index in [1.54, 1.807) is 6.92 Å². The van der Waals surface area contributed by atoms with E-state index in [1.807, 2.05) is 12.1 Å². The molecule has 3 aromatic carbocycles. The van der Waals surface area contributed by atoms with Crippen LogP contribution in [0.5, 0.6) is 11.5 Å². The molecule has 42 heavy (non-hydrogen) atoms. The molecule has 2 aliphatic rings. The van der Waals surface area contributed by atoms with Gasteiger partial charge >= 0.3 is 0 Å². The minimum Gasteiger partial charge on any atom is -0.491 e. The van der Waals surface area contributed by atoms with Crippen LogP contribution in [0.15, 0.2) is 60.7 Å². The smallest absolute Gasteiger partial charge is 0.201 e. The van der Waals surface area contributed by atoms with Crippen LogP contribution < -0.4 is 9.47 Å². The minimum absolute atomic E-state index is 0.0615. The van der Waals surface area contributed by atoms with Crippen molar-refractivity contribution in [3.8, 4) is 22.6 Å². The van der Waals surface area contributed by atoms with E-state index in [9.17, 15) is 17.6 Å². The summed E-state index contributed by atoms with van der Waals surface area (Å²) in [6, 6.07) is 13.1. The first-order valence-electron chi connectivity index (χ1n) is 15.3. The van der Waals surface area contributed by atoms with Gasteiger partial charge in [0, 0.05) is 11.1 Å². The number of rotatable bonds is 10. The maximum Gasteiger partial charge on any atom is 0.201 e. The van der Waals surface area contributed by atoms with Crippen molar-refractivity contribution in [3.05, 3.63) is 95.1 Å². The Bertz CT molecular complexity index is 1380. The van der Waals surface area contributed by atoms with E-state index in [1.165, 1.54) is 81.2 Å². The van der Waals surface area contributed by atoms with Crippen LogP contribution in [0.4, 0.5) is 17.6 Å². The summed E-state index contributed by atoms with van der Waals surface area (Å²) in [5, 5.41) is 0. The van der Waals surface area contributed by atoms with Crippen LogP contribution in [0.1, 0.15) is 82.3 Å². The number of benzene rings is 3. The lowest BCUT2D eigenvalue weighted by atomic mass is 9.63. The van der Waals surface area contributed by atoms with Gasteiger partial charge in [-0.2, -0.15) is 8.78 Å². The molecular weight excluding hydrogens is 540 g/mol. The molecule has 0 heterocycles. The normalized spacial score (nSPS) is 22.2. The zero-order valence-electron chi connectivity index (χ0n) is 24.5. The van der Waals surface area contributed by atoms with Gasteiger partial charge in [0.25, 0.3) is 0 Å². The molecule has 0 aliphatic heterocycles. The van der Waals surface area contributed by atoms with Crippen molar-refractivity contribution >= 4 is 0 Å². The number of halogens is 4. The highest BCUT2D eigenvalue weighted by Gasteiger charge is 2.35. The molecule has 2 nitrogen and oxygen atoms in total. The van der Waals surface area contributed by atoms with Gasteiger partial charge in [-0.15, -0.1) is 0 Å². The van der Waals surface area contributed by atoms with Gasteiger partial charge in [-0.05, 0) is 118 Å². The first-order valence-corrected chi connectivity index (χ1v) is 15.3. The summed E-state index contributed by atoms with van der Waals surface area (Å²) in [6.07, 6.45) is 14.8. The van der Waals surface area contributed by atoms with Crippen LogP contribution in [-0.2, 0) is 6.61 Å². The highest BCUT2D eigenvalue weighted by molar-refractivity contribution is 5.67. The third-order valence-electron chi connectivity index (χ3n) is 9.23. The molecule has 3 aromatic rings. The molecule has 0 spiro atoms. The standard InChI is InChI=1S/C36H40F4O2/c1-3-5-6-7-23-8-13-28-21-27(15-14-26(28)20-23)25-11-9-24(10-12-25)22-42-32-19-17-30(34(38)36(32)40)29-16-18-31(41-4-2)35(39)33(29)37/h3,5,9-12,16-19,23,26-28H,4,6-8,13-15,20-22H2,1-2H3/b5-3+. The second kappa shape index (κ2) is 13.8. The largest absolute Gasteiger partial charge is 0.491 e. The SMILES string of the molecule is C/C=C/CCC1CCC2CC(c3ccc(COc4ccc(-c5ccc(OCC)c(F)c5F)c(F)c4F)cc3)CCC2C1. The molecule has 0 radical (unpaired) electrons. The molecule has 0 N–H and O–H groups in total. The third-order valence-corrected chi connectivity index (χ3v) is 9.23. The summed E-state index contributed by atoms with van der Waals surface area (Å²) in [7, 11) is 0. The maximum absolute atomic E-state index is 14.9. The minimum atomic E-state index is -1.30. The number of ether oxygens (including phenoxy) is 2. The molecule has 4 atom stereocenters. The van der Waals surface area contributed by atoms with Gasteiger partial charge in [0.05, 0.1) is 6.61 Å². The van der Waals surface area contributed by atoms with Crippen molar-refractivity contribution in [2.75, 3.05) is 6.61 Å². The van der Waals surface area contributed by atoms with Gasteiger partial charge in [-0.3, -0.25) is 0 Å². The number of hydrogen-bond donors (Lipinski definition) is 0. The quantitative estimate of drug-likeness (QED) is 0.175. The number of hydrogen-bond acceptors (Lipinski definition) is 2. The average molecular weight is 581 g/mol. The Kier molecular flexibility index (Phi) is 9.91. The summed E-state index contributed by atoms with van der Waals surface area (Å²) >= 11 is 0. The van der Waals surface area contributed by atoms with Crippen LogP contribution in [0, 0.1) is 41.0 Å². The van der Waals surface area contributed by atoms with E-state index < -0.39 is 23.3 Å². The Morgan fingerprint density at radius 2 is 1.33 bits per heavy atom. The van der Waals surface area contributed by atoms with E-state index in [4.69, 9.17) is 9.47 Å². The summed E-state index contributed by atoms with van der Waals surface area (Å²) in [6.45, 7) is 3.94. The summed E-state index contributed by atoms with van der Waals surface area (Å²) < 4.78 is 69.3. The van der Waals surface area contributed by atoms with E-state index in [0.29, 0.717) is 5.92 Å². The van der Waals surface area contributed by atoms with Crippen molar-refractivity contribution in [2.45, 2.75) is 77.7 Å². The van der Waals surface area contributed by atoms with Crippen molar-refractivity contribution in [1.82, 2.24) is 0 Å². The molecule has 0 bridgehead atoms. The average Bonchev–Trinajstić information content (AvgIpc) is 3.01. The Morgan fingerprint density at radius 3 is 1.98 bits per heavy atom. The van der Waals surface area contributed by atoms with Crippen LogP contribution in [0.3, 0.4) is 0 Å². The molecule has 2 aliphatic carbocycles. The highest BCUT2D eigenvalue weighted by atomic mass is 19.2. The molecule has 224 valence electrons. The Hall–Kier alpha value is -3.28. The van der Waals surface area contributed by atoms with Crippen LogP contribution in [-0.4, -0.2) is 6.61 Å². The van der Waals surface area contributed by atoms with Gasteiger partial charge in [-0.1, -0.05) is 42.8 Å². The monoisotopic (exact) mass is 580 g/mol. The summed E-state index contributed by atoms with van der Waals surface area (Å²) in [5.74, 6) is -2.52. The summed E-state index contributed by atoms with van der Waals surface area (Å²) in [5.41, 5.74) is 1.40.